The molecule has 0 bridgehead atoms. The smallest absolute Gasteiger partial charge is 0.147 e. The van der Waals surface area contributed by atoms with Gasteiger partial charge in [-0.2, -0.15) is 5.26 Å². The van der Waals surface area contributed by atoms with Crippen molar-refractivity contribution in [3.8, 4) is 6.07 Å². The molecule has 1 atom stereocenters. The molecule has 1 saturated carbocycles. The summed E-state index contributed by atoms with van der Waals surface area (Å²) in [7, 11) is 0. The van der Waals surface area contributed by atoms with Gasteiger partial charge in [0.05, 0.1) is 17.3 Å². The molecule has 0 saturated heterocycles. The van der Waals surface area contributed by atoms with Gasteiger partial charge in [-0.05, 0) is 43.9 Å². The van der Waals surface area contributed by atoms with E-state index in [9.17, 15) is 4.39 Å². The number of halogens is 1. The summed E-state index contributed by atoms with van der Waals surface area (Å²) < 4.78 is 13.5. The Morgan fingerprint density at radius 2 is 2.27 bits per heavy atom. The molecule has 2 rings (SSSR count). The average molecular weight is 204 g/mol. The largest absolute Gasteiger partial charge is 0.380 e. The lowest BCUT2D eigenvalue weighted by Gasteiger charge is -2.14. The van der Waals surface area contributed by atoms with E-state index in [1.807, 2.05) is 6.07 Å². The summed E-state index contributed by atoms with van der Waals surface area (Å²) in [6, 6.07) is 6.76. The molecule has 1 aromatic rings. The van der Waals surface area contributed by atoms with Gasteiger partial charge in [0.15, 0.2) is 0 Å². The number of nitrogens with zero attached hydrogens (tertiary/aromatic N) is 1. The van der Waals surface area contributed by atoms with Crippen LogP contribution in [0.25, 0.3) is 0 Å². The van der Waals surface area contributed by atoms with Gasteiger partial charge in [-0.25, -0.2) is 4.39 Å². The van der Waals surface area contributed by atoms with E-state index in [1.54, 1.807) is 12.1 Å². The lowest BCUT2D eigenvalue weighted by atomic mass is 10.1. The first-order valence-corrected chi connectivity index (χ1v) is 5.17. The van der Waals surface area contributed by atoms with Gasteiger partial charge in [-0.15, -0.1) is 0 Å². The highest BCUT2D eigenvalue weighted by Gasteiger charge is 2.28. The maximum Gasteiger partial charge on any atom is 0.147 e. The first-order chi connectivity index (χ1) is 7.20. The fourth-order valence-corrected chi connectivity index (χ4v) is 1.66. The maximum atomic E-state index is 13.5. The van der Waals surface area contributed by atoms with Crippen molar-refractivity contribution in [2.24, 2.45) is 5.92 Å². The third-order valence-corrected chi connectivity index (χ3v) is 2.81. The molecule has 1 unspecified atom stereocenters. The summed E-state index contributed by atoms with van der Waals surface area (Å²) in [4.78, 5) is 0. The van der Waals surface area contributed by atoms with E-state index in [0.29, 0.717) is 23.2 Å². The molecule has 1 aliphatic rings. The molecule has 0 aromatic heterocycles. The van der Waals surface area contributed by atoms with E-state index in [1.165, 1.54) is 18.9 Å². The molecule has 1 aliphatic carbocycles. The number of hydrogen-bond donors (Lipinski definition) is 1. The van der Waals surface area contributed by atoms with Crippen LogP contribution in [0.5, 0.6) is 0 Å². The molecule has 2 nitrogen and oxygen atoms in total. The molecular weight excluding hydrogens is 191 g/mol. The summed E-state index contributed by atoms with van der Waals surface area (Å²) in [6.07, 6.45) is 2.46. The minimum absolute atomic E-state index is 0.312. The molecule has 0 spiro atoms. The minimum Gasteiger partial charge on any atom is -0.380 e. The van der Waals surface area contributed by atoms with Gasteiger partial charge < -0.3 is 5.32 Å². The van der Waals surface area contributed by atoms with Crippen molar-refractivity contribution >= 4 is 5.69 Å². The highest BCUT2D eigenvalue weighted by Crippen LogP contribution is 2.34. The van der Waals surface area contributed by atoms with Gasteiger partial charge in [-0.1, -0.05) is 0 Å². The fourth-order valence-electron chi connectivity index (χ4n) is 1.66. The molecule has 0 radical (unpaired) electrons. The quantitative estimate of drug-likeness (QED) is 0.821. The van der Waals surface area contributed by atoms with Crippen LogP contribution in [-0.4, -0.2) is 6.04 Å². The Morgan fingerprint density at radius 1 is 1.53 bits per heavy atom. The van der Waals surface area contributed by atoms with Gasteiger partial charge in [-0.3, -0.25) is 0 Å². The molecule has 1 aromatic carbocycles. The molecule has 1 fully saturated rings. The third-order valence-electron chi connectivity index (χ3n) is 2.81. The monoisotopic (exact) mass is 204 g/mol. The molecule has 0 aliphatic heterocycles. The van der Waals surface area contributed by atoms with Crippen LogP contribution in [0.3, 0.4) is 0 Å². The fraction of sp³-hybridized carbons (Fsp3) is 0.417. The van der Waals surface area contributed by atoms with Crippen LogP contribution in [0.2, 0.25) is 0 Å². The number of benzene rings is 1. The van der Waals surface area contributed by atoms with Crippen molar-refractivity contribution in [3.63, 3.8) is 0 Å². The van der Waals surface area contributed by atoms with Crippen molar-refractivity contribution < 1.29 is 4.39 Å². The summed E-state index contributed by atoms with van der Waals surface area (Å²) >= 11 is 0. The lowest BCUT2D eigenvalue weighted by Crippen LogP contribution is -2.18. The second-order valence-corrected chi connectivity index (χ2v) is 4.08. The van der Waals surface area contributed by atoms with Crippen molar-refractivity contribution in [1.29, 1.82) is 5.26 Å². The van der Waals surface area contributed by atoms with Crippen molar-refractivity contribution in [2.75, 3.05) is 5.32 Å². The first kappa shape index (κ1) is 9.97. The van der Waals surface area contributed by atoms with Crippen LogP contribution < -0.4 is 5.32 Å². The number of nitrogens with one attached hydrogen (secondary N) is 1. The second kappa shape index (κ2) is 3.90. The van der Waals surface area contributed by atoms with Crippen LogP contribution in [-0.2, 0) is 0 Å². The third kappa shape index (κ3) is 2.27. The van der Waals surface area contributed by atoms with Crippen molar-refractivity contribution in [1.82, 2.24) is 0 Å². The van der Waals surface area contributed by atoms with Crippen LogP contribution in [0.4, 0.5) is 10.1 Å². The normalized spacial score (nSPS) is 16.9. The van der Waals surface area contributed by atoms with Gasteiger partial charge in [0, 0.05) is 6.04 Å². The molecule has 0 amide bonds. The maximum absolute atomic E-state index is 13.5. The summed E-state index contributed by atoms with van der Waals surface area (Å²) in [5.41, 5.74) is 0.852. The number of nitriles is 1. The average Bonchev–Trinajstić information content (AvgIpc) is 3.04. The Hall–Kier alpha value is -1.56. The Morgan fingerprint density at radius 3 is 2.80 bits per heavy atom. The summed E-state index contributed by atoms with van der Waals surface area (Å²) in [5.74, 6) is 0.335. The minimum atomic E-state index is -0.346. The van der Waals surface area contributed by atoms with E-state index in [0.717, 1.165) is 0 Å². The van der Waals surface area contributed by atoms with Crippen LogP contribution >= 0.6 is 0 Å². The van der Waals surface area contributed by atoms with Gasteiger partial charge in [0.2, 0.25) is 0 Å². The number of hydrogen-bond acceptors (Lipinski definition) is 2. The predicted octanol–water partition coefficient (Wildman–Crippen LogP) is 2.91. The van der Waals surface area contributed by atoms with E-state index in [-0.39, 0.29) is 5.82 Å². The first-order valence-electron chi connectivity index (χ1n) is 5.17. The summed E-state index contributed by atoms with van der Waals surface area (Å²) in [5, 5.41) is 11.7. The van der Waals surface area contributed by atoms with E-state index >= 15 is 0 Å². The van der Waals surface area contributed by atoms with E-state index < -0.39 is 0 Å². The Bertz CT molecular complexity index is 405. The molecule has 0 heterocycles. The van der Waals surface area contributed by atoms with Crippen LogP contribution in [0, 0.1) is 23.1 Å². The lowest BCUT2D eigenvalue weighted by molar-refractivity contribution is 0.619. The zero-order valence-corrected chi connectivity index (χ0v) is 8.63. The Balaban J connectivity index is 2.11. The van der Waals surface area contributed by atoms with Gasteiger partial charge in [0.25, 0.3) is 0 Å². The van der Waals surface area contributed by atoms with Crippen molar-refractivity contribution in [2.45, 2.75) is 25.8 Å². The van der Waals surface area contributed by atoms with Crippen LogP contribution in [0.1, 0.15) is 25.3 Å². The summed E-state index contributed by atoms with van der Waals surface area (Å²) in [6.45, 7) is 2.06. The van der Waals surface area contributed by atoms with E-state index in [2.05, 4.69) is 12.2 Å². The zero-order chi connectivity index (χ0) is 10.8. The van der Waals surface area contributed by atoms with Crippen molar-refractivity contribution in [3.05, 3.63) is 29.6 Å². The number of anilines is 1. The van der Waals surface area contributed by atoms with Gasteiger partial charge in [0.1, 0.15) is 5.82 Å². The van der Waals surface area contributed by atoms with E-state index in [4.69, 9.17) is 5.26 Å². The Labute approximate surface area is 88.7 Å². The molecule has 3 heteroatoms. The SMILES string of the molecule is CC(Nc1ccc(C#N)cc1F)C1CC1. The van der Waals surface area contributed by atoms with Crippen LogP contribution in [0.15, 0.2) is 18.2 Å². The zero-order valence-electron chi connectivity index (χ0n) is 8.63. The molecule has 15 heavy (non-hydrogen) atoms. The molecule has 1 N–H and O–H groups in total. The highest BCUT2D eigenvalue weighted by molar-refractivity contribution is 5.49. The predicted molar refractivity (Wildman–Crippen MR) is 56.9 cm³/mol. The van der Waals surface area contributed by atoms with Gasteiger partial charge >= 0.3 is 0 Å². The topological polar surface area (TPSA) is 35.8 Å². The standard InChI is InChI=1S/C12H13FN2/c1-8(10-3-4-10)15-12-5-2-9(7-14)6-11(12)13/h2,5-6,8,10,15H,3-4H2,1H3. The highest BCUT2D eigenvalue weighted by atomic mass is 19.1. The number of rotatable bonds is 3. The Kier molecular flexibility index (Phi) is 2.59. The second-order valence-electron chi connectivity index (χ2n) is 4.08. The molecular formula is C12H13FN2. The molecule has 78 valence electrons.